The first-order valence-electron chi connectivity index (χ1n) is 8.52. The molecular weight excluding hydrogens is 310 g/mol. The van der Waals surface area contributed by atoms with Gasteiger partial charge in [0.15, 0.2) is 17.6 Å². The minimum absolute atomic E-state index is 0.147. The number of benzene rings is 1. The average molecular weight is 333 g/mol. The van der Waals surface area contributed by atoms with Crippen LogP contribution in [0.15, 0.2) is 18.2 Å². The molecule has 1 aliphatic heterocycles. The molecule has 1 heterocycles. The van der Waals surface area contributed by atoms with Crippen molar-refractivity contribution >= 4 is 11.9 Å². The number of carbonyl (C=O) groups excluding carboxylic acids is 2. The van der Waals surface area contributed by atoms with Crippen LogP contribution < -0.4 is 14.8 Å². The van der Waals surface area contributed by atoms with E-state index in [1.54, 1.807) is 25.1 Å². The van der Waals surface area contributed by atoms with E-state index < -0.39 is 12.1 Å². The molecule has 1 amide bonds. The van der Waals surface area contributed by atoms with Gasteiger partial charge in [-0.3, -0.25) is 4.79 Å². The van der Waals surface area contributed by atoms with Gasteiger partial charge < -0.3 is 19.5 Å². The Kier molecular flexibility index (Phi) is 5.23. The standard InChI is InChI=1S/C18H23NO5/c1-12(17(20)19-10-13-5-3-2-4-6-13)24-18(21)14-7-8-15-16(9-14)23-11-22-15/h7-9,12-13H,2-6,10-11H2,1H3,(H,19,20)/t12-/m1/s1. The Bertz CT molecular complexity index is 609. The van der Waals surface area contributed by atoms with E-state index in [1.165, 1.54) is 19.3 Å². The normalized spacial score (nSPS) is 18.0. The summed E-state index contributed by atoms with van der Waals surface area (Å²) in [7, 11) is 0. The zero-order chi connectivity index (χ0) is 16.9. The Morgan fingerprint density at radius 2 is 1.96 bits per heavy atom. The fourth-order valence-electron chi connectivity index (χ4n) is 3.09. The van der Waals surface area contributed by atoms with Crippen LogP contribution in [-0.4, -0.2) is 31.3 Å². The summed E-state index contributed by atoms with van der Waals surface area (Å²) in [6.07, 6.45) is 5.24. The van der Waals surface area contributed by atoms with Crippen molar-refractivity contribution in [2.24, 2.45) is 5.92 Å². The van der Waals surface area contributed by atoms with Crippen molar-refractivity contribution in [3.8, 4) is 11.5 Å². The van der Waals surface area contributed by atoms with Crippen LogP contribution in [0.3, 0.4) is 0 Å². The van der Waals surface area contributed by atoms with Crippen LogP contribution in [-0.2, 0) is 9.53 Å². The van der Waals surface area contributed by atoms with E-state index in [0.717, 1.165) is 12.8 Å². The smallest absolute Gasteiger partial charge is 0.339 e. The molecule has 1 atom stereocenters. The molecule has 1 N–H and O–H groups in total. The minimum atomic E-state index is -0.827. The first kappa shape index (κ1) is 16.6. The second-order valence-corrected chi connectivity index (χ2v) is 6.36. The summed E-state index contributed by atoms with van der Waals surface area (Å²) >= 11 is 0. The van der Waals surface area contributed by atoms with E-state index >= 15 is 0 Å². The van der Waals surface area contributed by atoms with Gasteiger partial charge in [-0.25, -0.2) is 4.79 Å². The topological polar surface area (TPSA) is 73.9 Å². The molecule has 0 spiro atoms. The molecular formula is C18H23NO5. The third-order valence-electron chi connectivity index (χ3n) is 4.55. The lowest BCUT2D eigenvalue weighted by atomic mass is 9.89. The maximum atomic E-state index is 12.2. The quantitative estimate of drug-likeness (QED) is 0.839. The summed E-state index contributed by atoms with van der Waals surface area (Å²) in [6.45, 7) is 2.39. The number of nitrogens with one attached hydrogen (secondary N) is 1. The highest BCUT2D eigenvalue weighted by molar-refractivity contribution is 5.92. The lowest BCUT2D eigenvalue weighted by Gasteiger charge is -2.22. The number of amides is 1. The number of ether oxygens (including phenoxy) is 3. The van der Waals surface area contributed by atoms with Crippen LogP contribution in [0, 0.1) is 5.92 Å². The van der Waals surface area contributed by atoms with Crippen LogP contribution in [0.4, 0.5) is 0 Å². The molecule has 0 unspecified atom stereocenters. The number of hydrogen-bond acceptors (Lipinski definition) is 5. The molecule has 0 saturated heterocycles. The first-order valence-corrected chi connectivity index (χ1v) is 8.52. The van der Waals surface area contributed by atoms with Gasteiger partial charge in [-0.15, -0.1) is 0 Å². The van der Waals surface area contributed by atoms with E-state index in [2.05, 4.69) is 5.32 Å². The van der Waals surface area contributed by atoms with Crippen LogP contribution >= 0.6 is 0 Å². The van der Waals surface area contributed by atoms with Crippen molar-refractivity contribution in [1.29, 1.82) is 0 Å². The van der Waals surface area contributed by atoms with Crippen molar-refractivity contribution in [3.63, 3.8) is 0 Å². The van der Waals surface area contributed by atoms with Crippen molar-refractivity contribution in [2.75, 3.05) is 13.3 Å². The molecule has 0 radical (unpaired) electrons. The zero-order valence-electron chi connectivity index (χ0n) is 13.9. The Balaban J connectivity index is 1.49. The maximum Gasteiger partial charge on any atom is 0.339 e. The minimum Gasteiger partial charge on any atom is -0.454 e. The zero-order valence-corrected chi connectivity index (χ0v) is 13.9. The summed E-state index contributed by atoms with van der Waals surface area (Å²) in [5.41, 5.74) is 0.339. The molecule has 2 aliphatic rings. The van der Waals surface area contributed by atoms with Crippen LogP contribution in [0.2, 0.25) is 0 Å². The maximum absolute atomic E-state index is 12.2. The lowest BCUT2D eigenvalue weighted by Crippen LogP contribution is -2.38. The SMILES string of the molecule is C[C@@H](OC(=O)c1ccc2c(c1)OCO2)C(=O)NCC1CCCCC1. The van der Waals surface area contributed by atoms with E-state index in [-0.39, 0.29) is 12.7 Å². The van der Waals surface area contributed by atoms with Gasteiger partial charge in [-0.2, -0.15) is 0 Å². The molecule has 1 saturated carbocycles. The number of rotatable bonds is 5. The molecule has 3 rings (SSSR count). The van der Waals surface area contributed by atoms with E-state index in [0.29, 0.717) is 29.5 Å². The summed E-state index contributed by atoms with van der Waals surface area (Å²) < 4.78 is 15.7. The Hall–Kier alpha value is -2.24. The van der Waals surface area contributed by atoms with Gasteiger partial charge >= 0.3 is 5.97 Å². The Labute approximate surface area is 141 Å². The molecule has 1 aromatic carbocycles. The number of esters is 1. The molecule has 24 heavy (non-hydrogen) atoms. The van der Waals surface area contributed by atoms with Crippen LogP contribution in [0.5, 0.6) is 11.5 Å². The highest BCUT2D eigenvalue weighted by Gasteiger charge is 2.22. The number of carbonyl (C=O) groups is 2. The van der Waals surface area contributed by atoms with Gasteiger partial charge in [0.05, 0.1) is 5.56 Å². The number of hydrogen-bond donors (Lipinski definition) is 1. The third-order valence-corrected chi connectivity index (χ3v) is 4.55. The van der Waals surface area contributed by atoms with Gasteiger partial charge in [0.25, 0.3) is 5.91 Å². The highest BCUT2D eigenvalue weighted by atomic mass is 16.7. The molecule has 1 aliphatic carbocycles. The predicted molar refractivity (Wildman–Crippen MR) is 87.0 cm³/mol. The fraction of sp³-hybridized carbons (Fsp3) is 0.556. The van der Waals surface area contributed by atoms with E-state index in [4.69, 9.17) is 14.2 Å². The van der Waals surface area contributed by atoms with E-state index in [9.17, 15) is 9.59 Å². The van der Waals surface area contributed by atoms with Gasteiger partial charge in [-0.05, 0) is 43.9 Å². The second-order valence-electron chi connectivity index (χ2n) is 6.36. The first-order chi connectivity index (χ1) is 11.6. The molecule has 0 bridgehead atoms. The van der Waals surface area contributed by atoms with Crippen molar-refractivity contribution in [1.82, 2.24) is 5.32 Å². The Morgan fingerprint density at radius 1 is 1.21 bits per heavy atom. The summed E-state index contributed by atoms with van der Waals surface area (Å²) in [5, 5.41) is 2.89. The molecule has 1 aromatic rings. The largest absolute Gasteiger partial charge is 0.454 e. The van der Waals surface area contributed by atoms with Crippen molar-refractivity contribution < 1.29 is 23.8 Å². The summed E-state index contributed by atoms with van der Waals surface area (Å²) in [4.78, 5) is 24.3. The average Bonchev–Trinajstić information content (AvgIpc) is 3.08. The Morgan fingerprint density at radius 3 is 2.75 bits per heavy atom. The third kappa shape index (κ3) is 3.99. The van der Waals surface area contributed by atoms with Gasteiger partial charge in [-0.1, -0.05) is 19.3 Å². The molecule has 130 valence electrons. The molecule has 1 fully saturated rings. The number of fused-ring (bicyclic) bond motifs is 1. The van der Waals surface area contributed by atoms with Gasteiger partial charge in [0.2, 0.25) is 6.79 Å². The van der Waals surface area contributed by atoms with Crippen LogP contribution in [0.25, 0.3) is 0 Å². The fourth-order valence-corrected chi connectivity index (χ4v) is 3.09. The second kappa shape index (κ2) is 7.55. The summed E-state index contributed by atoms with van der Waals surface area (Å²) in [6, 6.07) is 4.83. The lowest BCUT2D eigenvalue weighted by molar-refractivity contribution is -0.129. The van der Waals surface area contributed by atoms with E-state index in [1.807, 2.05) is 0 Å². The molecule has 6 heteroatoms. The molecule has 6 nitrogen and oxygen atoms in total. The molecule has 0 aromatic heterocycles. The van der Waals surface area contributed by atoms with Gasteiger partial charge in [0, 0.05) is 6.54 Å². The van der Waals surface area contributed by atoms with Gasteiger partial charge in [0.1, 0.15) is 0 Å². The monoisotopic (exact) mass is 333 g/mol. The summed E-state index contributed by atoms with van der Waals surface area (Å²) in [5.74, 6) is 0.853. The van der Waals surface area contributed by atoms with Crippen molar-refractivity contribution in [3.05, 3.63) is 23.8 Å². The predicted octanol–water partition coefficient (Wildman–Crippen LogP) is 2.66. The van der Waals surface area contributed by atoms with Crippen molar-refractivity contribution in [2.45, 2.75) is 45.1 Å². The highest BCUT2D eigenvalue weighted by Crippen LogP contribution is 2.32. The van der Waals surface area contributed by atoms with Crippen LogP contribution in [0.1, 0.15) is 49.4 Å².